The molecule has 0 saturated carbocycles. The molecule has 2 aromatic carbocycles. The van der Waals surface area contributed by atoms with Gasteiger partial charge in [-0.05, 0) is 55.2 Å². The number of hydrogen-bond donors (Lipinski definition) is 3. The quantitative estimate of drug-likeness (QED) is 0.547. The maximum absolute atomic E-state index is 12.5. The van der Waals surface area contributed by atoms with E-state index in [2.05, 4.69) is 39.8 Å². The topological polar surface area (TPSA) is 81.7 Å². The van der Waals surface area contributed by atoms with Crippen molar-refractivity contribution in [1.82, 2.24) is 10.2 Å². The van der Waals surface area contributed by atoms with E-state index in [1.165, 1.54) is 24.2 Å². The van der Waals surface area contributed by atoms with Crippen LogP contribution in [0.5, 0.6) is 0 Å². The predicted octanol–water partition coefficient (Wildman–Crippen LogP) is 3.40. The van der Waals surface area contributed by atoms with E-state index in [1.807, 2.05) is 31.2 Å². The van der Waals surface area contributed by atoms with E-state index in [4.69, 9.17) is 0 Å². The van der Waals surface area contributed by atoms with Crippen molar-refractivity contribution < 1.29 is 14.7 Å². The summed E-state index contributed by atoms with van der Waals surface area (Å²) in [6, 6.07) is 15.8. The Morgan fingerprint density at radius 2 is 1.68 bits per heavy atom. The number of hydrogen-bond acceptors (Lipinski definition) is 5. The van der Waals surface area contributed by atoms with Crippen LogP contribution in [0.4, 0.5) is 5.69 Å². The first-order valence-electron chi connectivity index (χ1n) is 10.7. The van der Waals surface area contributed by atoms with Crippen LogP contribution >= 0.6 is 11.8 Å². The van der Waals surface area contributed by atoms with E-state index in [0.29, 0.717) is 6.54 Å². The Hall–Kier alpha value is -2.35. The first kappa shape index (κ1) is 23.3. The average molecular weight is 442 g/mol. The highest BCUT2D eigenvalue weighted by molar-refractivity contribution is 8.00. The molecule has 1 unspecified atom stereocenters. The monoisotopic (exact) mass is 441 g/mol. The molecule has 2 amide bonds. The average Bonchev–Trinajstić information content (AvgIpc) is 2.75. The van der Waals surface area contributed by atoms with Crippen LogP contribution in [0.3, 0.4) is 0 Å². The molecule has 0 spiro atoms. The van der Waals surface area contributed by atoms with Gasteiger partial charge in [0.05, 0.1) is 11.4 Å². The van der Waals surface area contributed by atoms with Gasteiger partial charge in [-0.25, -0.2) is 0 Å². The molecule has 0 aliphatic carbocycles. The van der Waals surface area contributed by atoms with E-state index in [9.17, 15) is 14.7 Å². The third kappa shape index (κ3) is 7.69. The summed E-state index contributed by atoms with van der Waals surface area (Å²) in [4.78, 5) is 26.9. The maximum atomic E-state index is 12.5. The molecule has 1 fully saturated rings. The molecule has 166 valence electrons. The Morgan fingerprint density at radius 3 is 2.29 bits per heavy atom. The normalized spacial score (nSPS) is 16.0. The van der Waals surface area contributed by atoms with Gasteiger partial charge in [-0.2, -0.15) is 0 Å². The summed E-state index contributed by atoms with van der Waals surface area (Å²) in [7, 11) is 0. The van der Waals surface area contributed by atoms with Crippen molar-refractivity contribution in [1.29, 1.82) is 0 Å². The molecule has 1 aliphatic heterocycles. The van der Waals surface area contributed by atoms with Gasteiger partial charge in [0.1, 0.15) is 0 Å². The van der Waals surface area contributed by atoms with Gasteiger partial charge >= 0.3 is 0 Å². The molecule has 3 N–H and O–H groups in total. The zero-order valence-corrected chi connectivity index (χ0v) is 19.0. The van der Waals surface area contributed by atoms with Crippen molar-refractivity contribution in [2.45, 2.75) is 56.0 Å². The first-order chi connectivity index (χ1) is 14.9. The van der Waals surface area contributed by atoms with Crippen LogP contribution in [0.25, 0.3) is 0 Å². The standard InChI is InChI=1S/C24H31N3O3S/c1-17(31-23-9-7-21(8-10-23)26-18(2)28)24(30)25-15-19-3-5-20(6-4-19)16-27-13-11-22(29)12-14-27/h3-10,17,22,29H,11-16H2,1-2H3,(H,25,30)(H,26,28). The summed E-state index contributed by atoms with van der Waals surface area (Å²) in [5, 5.41) is 15.1. The van der Waals surface area contributed by atoms with Gasteiger partial charge in [-0.3, -0.25) is 14.5 Å². The van der Waals surface area contributed by atoms with Crippen molar-refractivity contribution in [2.24, 2.45) is 0 Å². The second-order valence-electron chi connectivity index (χ2n) is 8.01. The first-order valence-corrected chi connectivity index (χ1v) is 11.6. The van der Waals surface area contributed by atoms with Crippen LogP contribution in [-0.4, -0.2) is 46.3 Å². The number of anilines is 1. The highest BCUT2D eigenvalue weighted by Crippen LogP contribution is 2.25. The Labute approximate surface area is 188 Å². The number of benzene rings is 2. The summed E-state index contributed by atoms with van der Waals surface area (Å²) >= 11 is 1.49. The third-order valence-corrected chi connectivity index (χ3v) is 6.42. The molecular weight excluding hydrogens is 410 g/mol. The number of likely N-dealkylation sites (tertiary alicyclic amines) is 1. The van der Waals surface area contributed by atoms with Crippen LogP contribution in [-0.2, 0) is 22.7 Å². The summed E-state index contributed by atoms with van der Waals surface area (Å²) in [6.07, 6.45) is 1.55. The molecule has 3 rings (SSSR count). The smallest absolute Gasteiger partial charge is 0.233 e. The molecule has 1 heterocycles. The van der Waals surface area contributed by atoms with Crippen molar-refractivity contribution in [2.75, 3.05) is 18.4 Å². The van der Waals surface area contributed by atoms with Crippen molar-refractivity contribution in [3.05, 3.63) is 59.7 Å². The fraction of sp³-hybridized carbons (Fsp3) is 0.417. The van der Waals surface area contributed by atoms with Crippen LogP contribution in [0.2, 0.25) is 0 Å². The van der Waals surface area contributed by atoms with Crippen LogP contribution in [0.15, 0.2) is 53.4 Å². The number of rotatable bonds is 8. The van der Waals surface area contributed by atoms with Crippen molar-refractivity contribution >= 4 is 29.3 Å². The Morgan fingerprint density at radius 1 is 1.06 bits per heavy atom. The number of nitrogens with one attached hydrogen (secondary N) is 2. The molecule has 1 atom stereocenters. The molecule has 7 heteroatoms. The Bertz CT molecular complexity index is 863. The van der Waals surface area contributed by atoms with Crippen molar-refractivity contribution in [3.8, 4) is 0 Å². The SMILES string of the molecule is CC(=O)Nc1ccc(SC(C)C(=O)NCc2ccc(CN3CCC(O)CC3)cc2)cc1. The minimum atomic E-state index is -0.222. The zero-order chi connectivity index (χ0) is 22.2. The zero-order valence-electron chi connectivity index (χ0n) is 18.1. The molecule has 6 nitrogen and oxygen atoms in total. The second-order valence-corrected chi connectivity index (χ2v) is 9.42. The van der Waals surface area contributed by atoms with Gasteiger partial charge in [-0.1, -0.05) is 24.3 Å². The Balaban J connectivity index is 1.42. The highest BCUT2D eigenvalue weighted by Gasteiger charge is 2.17. The minimum absolute atomic E-state index is 0.00751. The fourth-order valence-corrected chi connectivity index (χ4v) is 4.40. The van der Waals surface area contributed by atoms with Gasteiger partial charge in [0.15, 0.2) is 0 Å². The summed E-state index contributed by atoms with van der Waals surface area (Å²) < 4.78 is 0. The largest absolute Gasteiger partial charge is 0.393 e. The lowest BCUT2D eigenvalue weighted by Crippen LogP contribution is -2.35. The fourth-order valence-electron chi connectivity index (χ4n) is 3.51. The van der Waals surface area contributed by atoms with Crippen molar-refractivity contribution in [3.63, 3.8) is 0 Å². The van der Waals surface area contributed by atoms with E-state index < -0.39 is 0 Å². The number of amides is 2. The summed E-state index contributed by atoms with van der Waals surface area (Å²) in [5.41, 5.74) is 3.07. The minimum Gasteiger partial charge on any atom is -0.393 e. The van der Waals surface area contributed by atoms with Crippen LogP contribution in [0, 0.1) is 0 Å². The van der Waals surface area contributed by atoms with Gasteiger partial charge in [0, 0.05) is 43.7 Å². The summed E-state index contributed by atoms with van der Waals surface area (Å²) in [5.74, 6) is -0.112. The Kier molecular flexibility index (Phi) is 8.51. The maximum Gasteiger partial charge on any atom is 0.233 e. The number of aliphatic hydroxyl groups excluding tert-OH is 1. The lowest BCUT2D eigenvalue weighted by atomic mass is 10.1. The molecule has 1 saturated heterocycles. The molecule has 1 aliphatic rings. The van der Waals surface area contributed by atoms with Gasteiger partial charge in [0.25, 0.3) is 0 Å². The number of thioether (sulfide) groups is 1. The van der Waals surface area contributed by atoms with E-state index in [0.717, 1.165) is 48.6 Å². The van der Waals surface area contributed by atoms with Gasteiger partial charge < -0.3 is 15.7 Å². The van der Waals surface area contributed by atoms with Crippen LogP contribution < -0.4 is 10.6 Å². The number of nitrogens with zero attached hydrogens (tertiary/aromatic N) is 1. The van der Waals surface area contributed by atoms with E-state index in [1.54, 1.807) is 0 Å². The molecule has 2 aromatic rings. The van der Waals surface area contributed by atoms with E-state index >= 15 is 0 Å². The lowest BCUT2D eigenvalue weighted by molar-refractivity contribution is -0.120. The third-order valence-electron chi connectivity index (χ3n) is 5.31. The van der Waals surface area contributed by atoms with E-state index in [-0.39, 0.29) is 23.2 Å². The second kappa shape index (κ2) is 11.3. The molecule has 31 heavy (non-hydrogen) atoms. The number of aliphatic hydroxyl groups is 1. The number of piperidine rings is 1. The van der Waals surface area contributed by atoms with Gasteiger partial charge in [0.2, 0.25) is 11.8 Å². The number of carbonyl (C=O) groups is 2. The lowest BCUT2D eigenvalue weighted by Gasteiger charge is -2.29. The summed E-state index contributed by atoms with van der Waals surface area (Å²) in [6.45, 7) is 6.63. The van der Waals surface area contributed by atoms with Gasteiger partial charge in [-0.15, -0.1) is 11.8 Å². The predicted molar refractivity (Wildman–Crippen MR) is 125 cm³/mol. The molecule has 0 aromatic heterocycles. The highest BCUT2D eigenvalue weighted by atomic mass is 32.2. The molecule has 0 bridgehead atoms. The van der Waals surface area contributed by atoms with Crippen LogP contribution in [0.1, 0.15) is 37.8 Å². The number of carbonyl (C=O) groups excluding carboxylic acids is 2. The molecule has 0 radical (unpaired) electrons. The molecular formula is C24H31N3O3S.